The average Bonchev–Trinajstić information content (AvgIpc) is 2.98. The molecule has 3 nitrogen and oxygen atoms in total. The second-order valence-electron chi connectivity index (χ2n) is 6.47. The van der Waals surface area contributed by atoms with Crippen molar-refractivity contribution in [1.29, 1.82) is 0 Å². The quantitative estimate of drug-likeness (QED) is 0.544. The molecule has 0 amide bonds. The minimum absolute atomic E-state index is 0.0201. The van der Waals surface area contributed by atoms with Gasteiger partial charge in [0.05, 0.1) is 17.8 Å². The van der Waals surface area contributed by atoms with Crippen LogP contribution in [-0.4, -0.2) is 34.1 Å². The van der Waals surface area contributed by atoms with Gasteiger partial charge in [0.25, 0.3) is 0 Å². The second-order valence-corrected chi connectivity index (χ2v) is 6.47. The van der Waals surface area contributed by atoms with E-state index in [4.69, 9.17) is 4.74 Å². The lowest BCUT2D eigenvalue weighted by Crippen LogP contribution is -2.42. The molecule has 1 rings (SSSR count). The topological polar surface area (TPSA) is 53.0 Å². The van der Waals surface area contributed by atoms with Gasteiger partial charge in [0, 0.05) is 0 Å². The number of rotatable bonds is 7. The van der Waals surface area contributed by atoms with E-state index in [2.05, 4.69) is 19.9 Å². The van der Waals surface area contributed by atoms with Crippen LogP contribution in [0.4, 0.5) is 0 Å². The van der Waals surface area contributed by atoms with Crippen LogP contribution in [-0.2, 0) is 4.74 Å². The SMILES string of the molecule is CC(C)=CCCC(C)(O)CC(C)C(C)(O)C1CO1. The van der Waals surface area contributed by atoms with Crippen LogP contribution < -0.4 is 0 Å². The molecule has 0 aromatic carbocycles. The molecule has 3 heteroatoms. The summed E-state index contributed by atoms with van der Waals surface area (Å²) in [4.78, 5) is 0. The summed E-state index contributed by atoms with van der Waals surface area (Å²) in [5.74, 6) is 0.0201. The predicted molar refractivity (Wildman–Crippen MR) is 73.4 cm³/mol. The molecule has 1 fully saturated rings. The molecule has 0 aromatic rings. The van der Waals surface area contributed by atoms with E-state index in [0.29, 0.717) is 13.0 Å². The summed E-state index contributed by atoms with van der Waals surface area (Å²) in [6, 6.07) is 0. The van der Waals surface area contributed by atoms with Crippen LogP contribution in [0.2, 0.25) is 0 Å². The standard InChI is InChI=1S/C15H28O3/c1-11(2)7-6-8-14(4,16)9-12(3)15(5,17)13-10-18-13/h7,12-13,16-17H,6,8-10H2,1-5H3. The van der Waals surface area contributed by atoms with Gasteiger partial charge in [-0.25, -0.2) is 0 Å². The van der Waals surface area contributed by atoms with Crippen molar-refractivity contribution in [1.82, 2.24) is 0 Å². The third-order valence-electron chi connectivity index (χ3n) is 3.96. The zero-order valence-corrected chi connectivity index (χ0v) is 12.4. The Morgan fingerprint density at radius 2 is 1.94 bits per heavy atom. The van der Waals surface area contributed by atoms with Crippen molar-refractivity contribution in [2.75, 3.05) is 6.61 Å². The van der Waals surface area contributed by atoms with E-state index in [1.807, 2.05) is 20.8 Å². The molecule has 0 spiro atoms. The minimum atomic E-state index is -0.833. The van der Waals surface area contributed by atoms with Crippen LogP contribution in [0.25, 0.3) is 0 Å². The molecular weight excluding hydrogens is 228 g/mol. The number of ether oxygens (including phenoxy) is 1. The number of hydrogen-bond acceptors (Lipinski definition) is 3. The van der Waals surface area contributed by atoms with Crippen molar-refractivity contribution in [3.8, 4) is 0 Å². The zero-order chi connectivity index (χ0) is 14.0. The molecule has 18 heavy (non-hydrogen) atoms. The fourth-order valence-electron chi connectivity index (χ4n) is 2.34. The fraction of sp³-hybridized carbons (Fsp3) is 0.867. The first-order chi connectivity index (χ1) is 8.15. The highest BCUT2D eigenvalue weighted by molar-refractivity contribution is 4.98. The van der Waals surface area contributed by atoms with E-state index in [0.717, 1.165) is 12.8 Å². The molecule has 1 aliphatic rings. The fourth-order valence-corrected chi connectivity index (χ4v) is 2.34. The molecule has 0 aromatic heterocycles. The molecule has 0 radical (unpaired) electrons. The molecule has 0 aliphatic carbocycles. The van der Waals surface area contributed by atoms with Gasteiger partial charge in [-0.05, 0) is 52.9 Å². The van der Waals surface area contributed by atoms with Crippen LogP contribution in [0.5, 0.6) is 0 Å². The molecule has 4 unspecified atom stereocenters. The molecule has 0 bridgehead atoms. The molecule has 1 heterocycles. The molecule has 106 valence electrons. The van der Waals surface area contributed by atoms with E-state index in [1.165, 1.54) is 5.57 Å². The van der Waals surface area contributed by atoms with Crippen molar-refractivity contribution >= 4 is 0 Å². The largest absolute Gasteiger partial charge is 0.390 e. The number of epoxide rings is 1. The highest BCUT2D eigenvalue weighted by Crippen LogP contribution is 2.36. The summed E-state index contributed by atoms with van der Waals surface area (Å²) in [6.07, 6.45) is 4.28. The van der Waals surface area contributed by atoms with Crippen molar-refractivity contribution in [2.24, 2.45) is 5.92 Å². The highest BCUT2D eigenvalue weighted by Gasteiger charge is 2.46. The Labute approximate surface area is 111 Å². The summed E-state index contributed by atoms with van der Waals surface area (Å²) >= 11 is 0. The van der Waals surface area contributed by atoms with E-state index in [9.17, 15) is 10.2 Å². The summed E-state index contributed by atoms with van der Waals surface area (Å²) in [7, 11) is 0. The summed E-state index contributed by atoms with van der Waals surface area (Å²) in [5, 5.41) is 20.7. The van der Waals surface area contributed by atoms with Crippen LogP contribution >= 0.6 is 0 Å². The Morgan fingerprint density at radius 3 is 2.39 bits per heavy atom. The maximum Gasteiger partial charge on any atom is 0.110 e. The Kier molecular flexibility index (Phi) is 4.98. The van der Waals surface area contributed by atoms with Gasteiger partial charge in [0.1, 0.15) is 6.10 Å². The lowest BCUT2D eigenvalue weighted by molar-refractivity contribution is -0.0592. The van der Waals surface area contributed by atoms with E-state index in [1.54, 1.807) is 0 Å². The molecule has 0 saturated carbocycles. The first-order valence-corrected chi connectivity index (χ1v) is 6.85. The average molecular weight is 256 g/mol. The maximum absolute atomic E-state index is 10.4. The molecule has 1 saturated heterocycles. The normalized spacial score (nSPS) is 26.9. The van der Waals surface area contributed by atoms with Crippen molar-refractivity contribution < 1.29 is 14.9 Å². The maximum atomic E-state index is 10.4. The summed E-state index contributed by atoms with van der Waals surface area (Å²) in [6.45, 7) is 10.4. The first-order valence-electron chi connectivity index (χ1n) is 6.85. The Bertz CT molecular complexity index is 297. The van der Waals surface area contributed by atoms with Crippen LogP contribution in [0.1, 0.15) is 53.9 Å². The Balaban J connectivity index is 2.45. The van der Waals surface area contributed by atoms with Gasteiger partial charge in [0.2, 0.25) is 0 Å². The first kappa shape index (κ1) is 15.7. The molecule has 1 aliphatic heterocycles. The lowest BCUT2D eigenvalue weighted by Gasteiger charge is -2.34. The number of aliphatic hydroxyl groups is 2. The van der Waals surface area contributed by atoms with E-state index < -0.39 is 11.2 Å². The van der Waals surface area contributed by atoms with E-state index >= 15 is 0 Å². The van der Waals surface area contributed by atoms with Crippen LogP contribution in [0, 0.1) is 5.92 Å². The minimum Gasteiger partial charge on any atom is -0.390 e. The Morgan fingerprint density at radius 1 is 1.39 bits per heavy atom. The zero-order valence-electron chi connectivity index (χ0n) is 12.4. The van der Waals surface area contributed by atoms with Gasteiger partial charge in [0.15, 0.2) is 0 Å². The molecule has 4 atom stereocenters. The summed E-state index contributed by atoms with van der Waals surface area (Å²) in [5.41, 5.74) is -0.290. The second kappa shape index (κ2) is 5.72. The molecule has 2 N–H and O–H groups in total. The highest BCUT2D eigenvalue weighted by atomic mass is 16.6. The molecular formula is C15H28O3. The monoisotopic (exact) mass is 256 g/mol. The van der Waals surface area contributed by atoms with Crippen molar-refractivity contribution in [3.05, 3.63) is 11.6 Å². The van der Waals surface area contributed by atoms with Crippen LogP contribution in [0.3, 0.4) is 0 Å². The third-order valence-corrected chi connectivity index (χ3v) is 3.96. The lowest BCUT2D eigenvalue weighted by atomic mass is 9.79. The van der Waals surface area contributed by atoms with Gasteiger partial charge < -0.3 is 14.9 Å². The van der Waals surface area contributed by atoms with Crippen LogP contribution in [0.15, 0.2) is 11.6 Å². The number of hydrogen-bond donors (Lipinski definition) is 2. The third kappa shape index (κ3) is 4.71. The van der Waals surface area contributed by atoms with Gasteiger partial charge >= 0.3 is 0 Å². The Hall–Kier alpha value is -0.380. The summed E-state index contributed by atoms with van der Waals surface area (Å²) < 4.78 is 5.18. The smallest absolute Gasteiger partial charge is 0.110 e. The number of allylic oxidation sites excluding steroid dienone is 2. The van der Waals surface area contributed by atoms with Gasteiger partial charge in [-0.15, -0.1) is 0 Å². The van der Waals surface area contributed by atoms with Crippen molar-refractivity contribution in [3.63, 3.8) is 0 Å². The van der Waals surface area contributed by atoms with Gasteiger partial charge in [-0.3, -0.25) is 0 Å². The van der Waals surface area contributed by atoms with Gasteiger partial charge in [-0.2, -0.15) is 0 Å². The van der Waals surface area contributed by atoms with E-state index in [-0.39, 0.29) is 12.0 Å². The van der Waals surface area contributed by atoms with Crippen molar-refractivity contribution in [2.45, 2.75) is 71.2 Å². The predicted octanol–water partition coefficient (Wildman–Crippen LogP) is 2.66. The van der Waals surface area contributed by atoms with Gasteiger partial charge in [-0.1, -0.05) is 18.6 Å².